The van der Waals surface area contributed by atoms with Crippen molar-refractivity contribution < 1.29 is 5.11 Å². The molecule has 3 unspecified atom stereocenters. The molecule has 0 bridgehead atoms. The standard InChI is InChI=1S/C13H17Br2NO/c1-8-4-5-16-12(6-8)13(17)9-2-3-10(14)11(15)7-9/h2-3,7-8,12-13,16-17H,4-6H2,1H3. The number of hydrogen-bond acceptors (Lipinski definition) is 2. The third-order valence-corrected chi connectivity index (χ3v) is 5.25. The van der Waals surface area contributed by atoms with Crippen LogP contribution in [-0.4, -0.2) is 17.7 Å². The van der Waals surface area contributed by atoms with Crippen LogP contribution in [0, 0.1) is 5.92 Å². The first kappa shape index (κ1) is 13.5. The van der Waals surface area contributed by atoms with Gasteiger partial charge in [0.15, 0.2) is 0 Å². The molecule has 4 heteroatoms. The van der Waals surface area contributed by atoms with Crippen molar-refractivity contribution in [2.75, 3.05) is 6.54 Å². The lowest BCUT2D eigenvalue weighted by molar-refractivity contribution is 0.101. The predicted molar refractivity (Wildman–Crippen MR) is 77.0 cm³/mol. The maximum absolute atomic E-state index is 10.4. The van der Waals surface area contributed by atoms with Gasteiger partial charge in [-0.15, -0.1) is 0 Å². The maximum Gasteiger partial charge on any atom is 0.0943 e. The summed E-state index contributed by atoms with van der Waals surface area (Å²) in [6.45, 7) is 3.25. The van der Waals surface area contributed by atoms with Crippen LogP contribution in [0.2, 0.25) is 0 Å². The van der Waals surface area contributed by atoms with Gasteiger partial charge in [0.2, 0.25) is 0 Å². The molecule has 1 aromatic carbocycles. The fourth-order valence-electron chi connectivity index (χ4n) is 2.32. The summed E-state index contributed by atoms with van der Waals surface area (Å²) in [6.07, 6.45) is 1.81. The van der Waals surface area contributed by atoms with Crippen molar-refractivity contribution >= 4 is 31.9 Å². The molecule has 0 saturated carbocycles. The third-order valence-electron chi connectivity index (χ3n) is 3.37. The van der Waals surface area contributed by atoms with Crippen LogP contribution in [0.5, 0.6) is 0 Å². The van der Waals surface area contributed by atoms with Gasteiger partial charge in [0.25, 0.3) is 0 Å². The zero-order valence-electron chi connectivity index (χ0n) is 9.79. The second-order valence-corrected chi connectivity index (χ2v) is 6.52. The van der Waals surface area contributed by atoms with Gasteiger partial charge in [0.05, 0.1) is 6.10 Å². The Morgan fingerprint density at radius 3 is 2.76 bits per heavy atom. The van der Waals surface area contributed by atoms with E-state index in [1.54, 1.807) is 0 Å². The summed E-state index contributed by atoms with van der Waals surface area (Å²) < 4.78 is 2.00. The first-order chi connectivity index (χ1) is 8.08. The highest BCUT2D eigenvalue weighted by atomic mass is 79.9. The molecule has 94 valence electrons. The van der Waals surface area contributed by atoms with Crippen molar-refractivity contribution in [3.63, 3.8) is 0 Å². The molecule has 2 rings (SSSR count). The van der Waals surface area contributed by atoms with Gasteiger partial charge < -0.3 is 10.4 Å². The molecule has 0 spiro atoms. The van der Waals surface area contributed by atoms with E-state index >= 15 is 0 Å². The summed E-state index contributed by atoms with van der Waals surface area (Å²) in [5.41, 5.74) is 0.965. The molecule has 1 saturated heterocycles. The highest BCUT2D eigenvalue weighted by Gasteiger charge is 2.26. The summed E-state index contributed by atoms with van der Waals surface area (Å²) in [7, 11) is 0. The molecule has 0 radical (unpaired) electrons. The van der Waals surface area contributed by atoms with E-state index in [9.17, 15) is 5.11 Å². The molecule has 17 heavy (non-hydrogen) atoms. The van der Waals surface area contributed by atoms with E-state index in [0.29, 0.717) is 5.92 Å². The average Bonchev–Trinajstić information content (AvgIpc) is 2.32. The first-order valence-corrected chi connectivity index (χ1v) is 7.53. The van der Waals surface area contributed by atoms with Crippen molar-refractivity contribution in [3.05, 3.63) is 32.7 Å². The predicted octanol–water partition coefficient (Wildman–Crippen LogP) is 3.63. The third kappa shape index (κ3) is 3.31. The van der Waals surface area contributed by atoms with Gasteiger partial charge in [0.1, 0.15) is 0 Å². The van der Waals surface area contributed by atoms with Crippen molar-refractivity contribution in [1.29, 1.82) is 0 Å². The van der Waals surface area contributed by atoms with Gasteiger partial charge in [-0.2, -0.15) is 0 Å². The van der Waals surface area contributed by atoms with Crippen LogP contribution in [0.1, 0.15) is 31.4 Å². The van der Waals surface area contributed by atoms with Crippen molar-refractivity contribution in [1.82, 2.24) is 5.32 Å². The zero-order chi connectivity index (χ0) is 12.4. The van der Waals surface area contributed by atoms with E-state index in [4.69, 9.17) is 0 Å². The summed E-state index contributed by atoms with van der Waals surface area (Å²) in [6, 6.07) is 6.09. The second kappa shape index (κ2) is 5.83. The molecule has 1 fully saturated rings. The largest absolute Gasteiger partial charge is 0.387 e. The summed E-state index contributed by atoms with van der Waals surface area (Å²) in [5, 5.41) is 13.8. The van der Waals surface area contributed by atoms with Gasteiger partial charge in [-0.3, -0.25) is 0 Å². The fourth-order valence-corrected chi connectivity index (χ4v) is 2.96. The number of aliphatic hydroxyl groups excluding tert-OH is 1. The van der Waals surface area contributed by atoms with Crippen LogP contribution < -0.4 is 5.32 Å². The van der Waals surface area contributed by atoms with E-state index in [0.717, 1.165) is 27.5 Å². The number of hydrogen-bond donors (Lipinski definition) is 2. The lowest BCUT2D eigenvalue weighted by atomic mass is 9.89. The molecule has 0 amide bonds. The number of halogens is 2. The number of rotatable bonds is 2. The van der Waals surface area contributed by atoms with Gasteiger partial charge >= 0.3 is 0 Å². The van der Waals surface area contributed by atoms with E-state index in [-0.39, 0.29) is 6.04 Å². The Hall–Kier alpha value is 0.1000. The molecule has 1 aliphatic heterocycles. The van der Waals surface area contributed by atoms with Gasteiger partial charge in [-0.1, -0.05) is 13.0 Å². The van der Waals surface area contributed by atoms with Crippen LogP contribution in [0.3, 0.4) is 0 Å². The minimum absolute atomic E-state index is 0.173. The van der Waals surface area contributed by atoms with Crippen LogP contribution in [-0.2, 0) is 0 Å². The maximum atomic E-state index is 10.4. The average molecular weight is 363 g/mol. The Morgan fingerprint density at radius 1 is 1.35 bits per heavy atom. The fraction of sp³-hybridized carbons (Fsp3) is 0.538. The molecule has 0 aromatic heterocycles. The summed E-state index contributed by atoms with van der Waals surface area (Å²) >= 11 is 6.91. The monoisotopic (exact) mass is 361 g/mol. The highest BCUT2D eigenvalue weighted by Crippen LogP contribution is 2.30. The molecular formula is C13H17Br2NO. The minimum atomic E-state index is -0.429. The quantitative estimate of drug-likeness (QED) is 0.841. The van der Waals surface area contributed by atoms with Crippen molar-refractivity contribution in [2.45, 2.75) is 31.9 Å². The normalized spacial score (nSPS) is 26.8. The Balaban J connectivity index is 2.12. The van der Waals surface area contributed by atoms with Crippen LogP contribution in [0.25, 0.3) is 0 Å². The number of benzene rings is 1. The van der Waals surface area contributed by atoms with E-state index in [1.807, 2.05) is 18.2 Å². The molecule has 2 nitrogen and oxygen atoms in total. The first-order valence-electron chi connectivity index (χ1n) is 5.94. The Bertz CT molecular complexity index is 397. The van der Waals surface area contributed by atoms with Gasteiger partial charge in [0, 0.05) is 15.0 Å². The van der Waals surface area contributed by atoms with Gasteiger partial charge in [-0.25, -0.2) is 0 Å². The lowest BCUT2D eigenvalue weighted by Crippen LogP contribution is -2.41. The number of piperidine rings is 1. The molecule has 1 aromatic rings. The Kier molecular flexibility index (Phi) is 4.64. The Morgan fingerprint density at radius 2 is 2.12 bits per heavy atom. The highest BCUT2D eigenvalue weighted by molar-refractivity contribution is 9.13. The van der Waals surface area contributed by atoms with E-state index in [1.165, 1.54) is 6.42 Å². The second-order valence-electron chi connectivity index (χ2n) is 4.81. The smallest absolute Gasteiger partial charge is 0.0943 e. The molecule has 2 N–H and O–H groups in total. The lowest BCUT2D eigenvalue weighted by Gasteiger charge is -2.32. The SMILES string of the molecule is CC1CCNC(C(O)c2ccc(Br)c(Br)c2)C1. The van der Waals surface area contributed by atoms with E-state index in [2.05, 4.69) is 44.1 Å². The van der Waals surface area contributed by atoms with Crippen molar-refractivity contribution in [2.24, 2.45) is 5.92 Å². The topological polar surface area (TPSA) is 32.3 Å². The molecule has 1 aliphatic rings. The molecule has 3 atom stereocenters. The van der Waals surface area contributed by atoms with Crippen LogP contribution in [0.4, 0.5) is 0 Å². The summed E-state index contributed by atoms with van der Waals surface area (Å²) in [5.74, 6) is 0.690. The molecular weight excluding hydrogens is 346 g/mol. The van der Waals surface area contributed by atoms with Crippen LogP contribution in [0.15, 0.2) is 27.1 Å². The van der Waals surface area contributed by atoms with Crippen molar-refractivity contribution in [3.8, 4) is 0 Å². The van der Waals surface area contributed by atoms with Crippen LogP contribution >= 0.6 is 31.9 Å². The zero-order valence-corrected chi connectivity index (χ0v) is 13.0. The molecule has 0 aliphatic carbocycles. The Labute approximate surface area is 119 Å². The number of nitrogens with one attached hydrogen (secondary N) is 1. The summed E-state index contributed by atoms with van der Waals surface area (Å²) in [4.78, 5) is 0. The van der Waals surface area contributed by atoms with Gasteiger partial charge in [-0.05, 0) is 74.9 Å². The minimum Gasteiger partial charge on any atom is -0.387 e. The number of aliphatic hydroxyl groups is 1. The van der Waals surface area contributed by atoms with E-state index < -0.39 is 6.10 Å². The molecule has 1 heterocycles.